The number of carbonyl (C=O) groups excluding carboxylic acids is 1. The van der Waals surface area contributed by atoms with Gasteiger partial charge in [-0.3, -0.25) is 4.79 Å². The number of hydrogen-bond donors (Lipinski definition) is 2. The first kappa shape index (κ1) is 15.4. The maximum absolute atomic E-state index is 12.3. The lowest BCUT2D eigenvalue weighted by molar-refractivity contribution is -0.136. The number of methoxy groups -OCH3 is 1. The number of amides is 1. The zero-order chi connectivity index (χ0) is 13.4. The molecule has 1 aliphatic heterocycles. The molecule has 0 aromatic rings. The highest BCUT2D eigenvalue weighted by Gasteiger charge is 2.39. The maximum Gasteiger partial charge on any atom is 0.228 e. The zero-order valence-corrected chi connectivity index (χ0v) is 12.1. The van der Waals surface area contributed by atoms with E-state index in [2.05, 4.69) is 24.5 Å². The summed E-state index contributed by atoms with van der Waals surface area (Å²) in [6.07, 6.45) is 3.97. The number of rotatable bonds is 7. The minimum absolute atomic E-state index is 0.176. The van der Waals surface area contributed by atoms with Crippen molar-refractivity contribution in [1.82, 2.24) is 10.6 Å². The first-order valence-corrected chi connectivity index (χ1v) is 7.09. The lowest BCUT2D eigenvalue weighted by Crippen LogP contribution is -2.50. The SMILES string of the molecule is COCC1(C(=O)NCCCC(C)C)CCNCC1. The van der Waals surface area contributed by atoms with E-state index < -0.39 is 0 Å². The summed E-state index contributed by atoms with van der Waals surface area (Å²) in [5.41, 5.74) is -0.308. The molecule has 2 N–H and O–H groups in total. The molecule has 106 valence electrons. The van der Waals surface area contributed by atoms with Crippen LogP contribution < -0.4 is 10.6 Å². The Morgan fingerprint density at radius 3 is 2.61 bits per heavy atom. The van der Waals surface area contributed by atoms with Gasteiger partial charge in [0.1, 0.15) is 0 Å². The van der Waals surface area contributed by atoms with Gasteiger partial charge in [0, 0.05) is 13.7 Å². The Morgan fingerprint density at radius 2 is 2.06 bits per heavy atom. The summed E-state index contributed by atoms with van der Waals surface area (Å²) in [6.45, 7) is 7.55. The third-order valence-electron chi connectivity index (χ3n) is 3.71. The van der Waals surface area contributed by atoms with Crippen LogP contribution in [0.1, 0.15) is 39.5 Å². The summed E-state index contributed by atoms with van der Waals surface area (Å²) in [4.78, 5) is 12.3. The Bertz CT molecular complexity index is 243. The van der Waals surface area contributed by atoms with Gasteiger partial charge in [0.25, 0.3) is 0 Å². The van der Waals surface area contributed by atoms with Crippen LogP contribution in [0.3, 0.4) is 0 Å². The molecule has 0 saturated carbocycles. The Morgan fingerprint density at radius 1 is 1.39 bits per heavy atom. The highest BCUT2D eigenvalue weighted by Crippen LogP contribution is 2.29. The lowest BCUT2D eigenvalue weighted by atomic mass is 9.78. The fraction of sp³-hybridized carbons (Fsp3) is 0.929. The minimum Gasteiger partial charge on any atom is -0.384 e. The van der Waals surface area contributed by atoms with Crippen molar-refractivity contribution in [1.29, 1.82) is 0 Å². The summed E-state index contributed by atoms with van der Waals surface area (Å²) in [5.74, 6) is 0.878. The number of carbonyl (C=O) groups is 1. The molecule has 4 nitrogen and oxygen atoms in total. The van der Waals surface area contributed by atoms with Gasteiger partial charge in [0.05, 0.1) is 12.0 Å². The van der Waals surface area contributed by atoms with Crippen molar-refractivity contribution in [2.75, 3.05) is 33.4 Å². The fourth-order valence-corrected chi connectivity index (χ4v) is 2.52. The second kappa shape index (κ2) is 7.74. The maximum atomic E-state index is 12.3. The monoisotopic (exact) mass is 256 g/mol. The van der Waals surface area contributed by atoms with Gasteiger partial charge < -0.3 is 15.4 Å². The third kappa shape index (κ3) is 4.58. The zero-order valence-electron chi connectivity index (χ0n) is 12.1. The second-order valence-corrected chi connectivity index (χ2v) is 5.76. The molecule has 1 saturated heterocycles. The summed E-state index contributed by atoms with van der Waals surface area (Å²) < 4.78 is 5.26. The summed E-state index contributed by atoms with van der Waals surface area (Å²) in [5, 5.41) is 6.39. The molecule has 1 amide bonds. The van der Waals surface area contributed by atoms with Crippen LogP contribution in [0, 0.1) is 11.3 Å². The van der Waals surface area contributed by atoms with E-state index in [1.54, 1.807) is 7.11 Å². The van der Waals surface area contributed by atoms with Gasteiger partial charge in [-0.05, 0) is 44.7 Å². The Kier molecular flexibility index (Phi) is 6.65. The third-order valence-corrected chi connectivity index (χ3v) is 3.71. The van der Waals surface area contributed by atoms with Crippen LogP contribution in [-0.2, 0) is 9.53 Å². The van der Waals surface area contributed by atoms with Crippen molar-refractivity contribution in [2.24, 2.45) is 11.3 Å². The fourth-order valence-electron chi connectivity index (χ4n) is 2.52. The van der Waals surface area contributed by atoms with Crippen LogP contribution in [0.4, 0.5) is 0 Å². The van der Waals surface area contributed by atoms with Gasteiger partial charge in [0.15, 0.2) is 0 Å². The molecule has 0 atom stereocenters. The van der Waals surface area contributed by atoms with Crippen LogP contribution in [0.2, 0.25) is 0 Å². The molecular weight excluding hydrogens is 228 g/mol. The first-order chi connectivity index (χ1) is 8.60. The number of nitrogens with one attached hydrogen (secondary N) is 2. The van der Waals surface area contributed by atoms with Crippen molar-refractivity contribution in [3.05, 3.63) is 0 Å². The quantitative estimate of drug-likeness (QED) is 0.680. The Balaban J connectivity index is 2.39. The number of piperidine rings is 1. The molecule has 0 spiro atoms. The molecule has 0 bridgehead atoms. The normalized spacial score (nSPS) is 18.9. The predicted molar refractivity (Wildman–Crippen MR) is 73.5 cm³/mol. The summed E-state index contributed by atoms with van der Waals surface area (Å²) in [7, 11) is 1.68. The predicted octanol–water partition coefficient (Wildman–Crippen LogP) is 1.55. The van der Waals surface area contributed by atoms with Crippen LogP contribution in [-0.4, -0.2) is 39.3 Å². The van der Waals surface area contributed by atoms with Crippen molar-refractivity contribution < 1.29 is 9.53 Å². The standard InChI is InChI=1S/C14H28N2O2/c1-12(2)5-4-8-16-13(17)14(11-18-3)6-9-15-10-7-14/h12,15H,4-11H2,1-3H3,(H,16,17). The molecule has 0 aromatic heterocycles. The van der Waals surface area contributed by atoms with Crippen molar-refractivity contribution in [2.45, 2.75) is 39.5 Å². The summed E-state index contributed by atoms with van der Waals surface area (Å²) >= 11 is 0. The van der Waals surface area contributed by atoms with Gasteiger partial charge in [0.2, 0.25) is 5.91 Å². The van der Waals surface area contributed by atoms with E-state index in [1.165, 1.54) is 6.42 Å². The van der Waals surface area contributed by atoms with Crippen LogP contribution in [0.5, 0.6) is 0 Å². The van der Waals surface area contributed by atoms with Gasteiger partial charge in [-0.15, -0.1) is 0 Å². The molecular formula is C14H28N2O2. The van der Waals surface area contributed by atoms with E-state index in [1.807, 2.05) is 0 Å². The second-order valence-electron chi connectivity index (χ2n) is 5.76. The first-order valence-electron chi connectivity index (χ1n) is 7.09. The molecule has 1 aliphatic rings. The van der Waals surface area contributed by atoms with Gasteiger partial charge in [-0.2, -0.15) is 0 Å². The Labute approximate surface area is 111 Å². The van der Waals surface area contributed by atoms with Crippen molar-refractivity contribution in [3.8, 4) is 0 Å². The minimum atomic E-state index is -0.308. The molecule has 0 aromatic carbocycles. The van der Waals surface area contributed by atoms with Crippen LogP contribution >= 0.6 is 0 Å². The Hall–Kier alpha value is -0.610. The highest BCUT2D eigenvalue weighted by molar-refractivity contribution is 5.82. The molecule has 1 heterocycles. The molecule has 0 unspecified atom stereocenters. The van der Waals surface area contributed by atoms with E-state index in [0.29, 0.717) is 12.5 Å². The number of hydrogen-bond acceptors (Lipinski definition) is 3. The largest absolute Gasteiger partial charge is 0.384 e. The van der Waals surface area contributed by atoms with Crippen LogP contribution in [0.25, 0.3) is 0 Å². The van der Waals surface area contributed by atoms with E-state index in [4.69, 9.17) is 4.74 Å². The molecule has 1 rings (SSSR count). The van der Waals surface area contributed by atoms with E-state index >= 15 is 0 Å². The van der Waals surface area contributed by atoms with Gasteiger partial charge in [-0.25, -0.2) is 0 Å². The van der Waals surface area contributed by atoms with E-state index in [-0.39, 0.29) is 11.3 Å². The summed E-state index contributed by atoms with van der Waals surface area (Å²) in [6, 6.07) is 0. The molecule has 4 heteroatoms. The highest BCUT2D eigenvalue weighted by atomic mass is 16.5. The molecule has 18 heavy (non-hydrogen) atoms. The van der Waals surface area contributed by atoms with Gasteiger partial charge >= 0.3 is 0 Å². The average molecular weight is 256 g/mol. The molecule has 0 aliphatic carbocycles. The van der Waals surface area contributed by atoms with E-state index in [9.17, 15) is 4.79 Å². The lowest BCUT2D eigenvalue weighted by Gasteiger charge is -2.35. The molecule has 1 fully saturated rings. The average Bonchev–Trinajstić information content (AvgIpc) is 2.35. The van der Waals surface area contributed by atoms with Crippen molar-refractivity contribution in [3.63, 3.8) is 0 Å². The molecule has 0 radical (unpaired) electrons. The topological polar surface area (TPSA) is 50.4 Å². The number of ether oxygens (including phenoxy) is 1. The smallest absolute Gasteiger partial charge is 0.228 e. The van der Waals surface area contributed by atoms with E-state index in [0.717, 1.165) is 38.9 Å². The van der Waals surface area contributed by atoms with Gasteiger partial charge in [-0.1, -0.05) is 13.8 Å². The van der Waals surface area contributed by atoms with Crippen molar-refractivity contribution >= 4 is 5.91 Å². The van der Waals surface area contributed by atoms with Crippen LogP contribution in [0.15, 0.2) is 0 Å².